The fourth-order valence-electron chi connectivity index (χ4n) is 3.77. The molecule has 0 bridgehead atoms. The summed E-state index contributed by atoms with van der Waals surface area (Å²) in [5, 5.41) is 2.98. The first-order valence-corrected chi connectivity index (χ1v) is 10.2. The molecule has 1 amide bonds. The van der Waals surface area contributed by atoms with Crippen LogP contribution in [0.5, 0.6) is 0 Å². The zero-order valence-corrected chi connectivity index (χ0v) is 17.5. The summed E-state index contributed by atoms with van der Waals surface area (Å²) in [6.45, 7) is 5.68. The molecule has 1 aliphatic rings. The van der Waals surface area contributed by atoms with Crippen molar-refractivity contribution < 1.29 is 14.3 Å². The van der Waals surface area contributed by atoms with Gasteiger partial charge in [0.2, 0.25) is 5.91 Å². The highest BCUT2D eigenvalue weighted by atomic mass is 16.5. The standard InChI is InChI=1S/C24H30N2O3/c1-17(2)19-10-8-18(9-11-19)12-13-25-23(27)16-26-15-21-7-5-4-6-20(21)14-22(26)24(28)29-3/h4-11,17,22H,12-16H2,1-3H3,(H,25,27)/t22-/m1/s1. The Bertz CT molecular complexity index is 845. The average molecular weight is 395 g/mol. The first-order chi connectivity index (χ1) is 14.0. The number of esters is 1. The van der Waals surface area contributed by atoms with E-state index in [0.29, 0.717) is 25.4 Å². The van der Waals surface area contributed by atoms with E-state index in [-0.39, 0.29) is 18.4 Å². The monoisotopic (exact) mass is 394 g/mol. The Morgan fingerprint density at radius 3 is 2.45 bits per heavy atom. The van der Waals surface area contributed by atoms with Crippen molar-refractivity contribution in [1.29, 1.82) is 0 Å². The maximum Gasteiger partial charge on any atom is 0.323 e. The molecule has 1 aliphatic heterocycles. The molecule has 1 atom stereocenters. The zero-order chi connectivity index (χ0) is 20.8. The Kier molecular flexibility index (Phi) is 7.04. The molecule has 3 rings (SSSR count). The summed E-state index contributed by atoms with van der Waals surface area (Å²) in [5.41, 5.74) is 4.82. The van der Waals surface area contributed by atoms with Gasteiger partial charge in [0.15, 0.2) is 0 Å². The fraction of sp³-hybridized carbons (Fsp3) is 0.417. The number of rotatable bonds is 7. The Morgan fingerprint density at radius 1 is 1.10 bits per heavy atom. The van der Waals surface area contributed by atoms with Crippen LogP contribution in [0.4, 0.5) is 0 Å². The highest BCUT2D eigenvalue weighted by molar-refractivity contribution is 5.81. The predicted molar refractivity (Wildman–Crippen MR) is 114 cm³/mol. The van der Waals surface area contributed by atoms with E-state index >= 15 is 0 Å². The number of ether oxygens (including phenoxy) is 1. The zero-order valence-electron chi connectivity index (χ0n) is 17.5. The Hall–Kier alpha value is -2.66. The van der Waals surface area contributed by atoms with E-state index in [1.807, 2.05) is 23.1 Å². The molecule has 0 fully saturated rings. The summed E-state index contributed by atoms with van der Waals surface area (Å²) >= 11 is 0. The van der Waals surface area contributed by atoms with Crippen LogP contribution in [-0.4, -0.2) is 43.0 Å². The topological polar surface area (TPSA) is 58.6 Å². The van der Waals surface area contributed by atoms with Crippen LogP contribution in [0.25, 0.3) is 0 Å². The molecule has 2 aromatic carbocycles. The van der Waals surface area contributed by atoms with Gasteiger partial charge in [-0.05, 0) is 41.0 Å². The van der Waals surface area contributed by atoms with Gasteiger partial charge in [0.05, 0.1) is 13.7 Å². The molecule has 1 N–H and O–H groups in total. The van der Waals surface area contributed by atoms with E-state index in [2.05, 4.69) is 49.5 Å². The van der Waals surface area contributed by atoms with Gasteiger partial charge in [-0.3, -0.25) is 14.5 Å². The minimum atomic E-state index is -0.427. The number of fused-ring (bicyclic) bond motifs is 1. The molecule has 29 heavy (non-hydrogen) atoms. The van der Waals surface area contributed by atoms with Gasteiger partial charge in [0, 0.05) is 13.1 Å². The summed E-state index contributed by atoms with van der Waals surface area (Å²) in [4.78, 5) is 26.7. The van der Waals surface area contributed by atoms with Crippen LogP contribution in [0.3, 0.4) is 0 Å². The number of carbonyl (C=O) groups is 2. The first kappa shape index (κ1) is 21.1. The van der Waals surface area contributed by atoms with E-state index in [4.69, 9.17) is 4.74 Å². The second-order valence-corrected chi connectivity index (χ2v) is 7.91. The summed E-state index contributed by atoms with van der Waals surface area (Å²) in [6, 6.07) is 16.2. The lowest BCUT2D eigenvalue weighted by Crippen LogP contribution is -2.50. The third kappa shape index (κ3) is 5.45. The highest BCUT2D eigenvalue weighted by Gasteiger charge is 2.33. The Balaban J connectivity index is 1.55. The normalized spacial score (nSPS) is 16.3. The molecule has 2 aromatic rings. The molecule has 0 aromatic heterocycles. The Morgan fingerprint density at radius 2 is 1.79 bits per heavy atom. The number of hydrogen-bond acceptors (Lipinski definition) is 4. The van der Waals surface area contributed by atoms with Crippen molar-refractivity contribution in [1.82, 2.24) is 10.2 Å². The number of hydrogen-bond donors (Lipinski definition) is 1. The van der Waals surface area contributed by atoms with Crippen LogP contribution in [0.15, 0.2) is 48.5 Å². The van der Waals surface area contributed by atoms with Crippen molar-refractivity contribution in [3.8, 4) is 0 Å². The van der Waals surface area contributed by atoms with E-state index in [1.54, 1.807) is 0 Å². The molecule has 0 spiro atoms. The first-order valence-electron chi connectivity index (χ1n) is 10.2. The lowest BCUT2D eigenvalue weighted by Gasteiger charge is -2.34. The third-order valence-electron chi connectivity index (χ3n) is 5.55. The van der Waals surface area contributed by atoms with Crippen LogP contribution in [-0.2, 0) is 33.7 Å². The fourth-order valence-corrected chi connectivity index (χ4v) is 3.77. The van der Waals surface area contributed by atoms with Crippen molar-refractivity contribution in [2.24, 2.45) is 0 Å². The van der Waals surface area contributed by atoms with Gasteiger partial charge in [-0.1, -0.05) is 62.4 Å². The SMILES string of the molecule is COC(=O)[C@H]1Cc2ccccc2CN1CC(=O)NCCc1ccc(C(C)C)cc1. The maximum atomic E-state index is 12.5. The summed E-state index contributed by atoms with van der Waals surface area (Å²) in [7, 11) is 1.39. The maximum absolute atomic E-state index is 12.5. The second-order valence-electron chi connectivity index (χ2n) is 7.91. The van der Waals surface area contributed by atoms with E-state index in [0.717, 1.165) is 17.5 Å². The molecule has 0 radical (unpaired) electrons. The van der Waals surface area contributed by atoms with E-state index in [9.17, 15) is 9.59 Å². The number of amides is 1. The van der Waals surface area contributed by atoms with E-state index in [1.165, 1.54) is 18.2 Å². The van der Waals surface area contributed by atoms with Gasteiger partial charge in [0.25, 0.3) is 0 Å². The van der Waals surface area contributed by atoms with Crippen LogP contribution in [0.2, 0.25) is 0 Å². The van der Waals surface area contributed by atoms with Gasteiger partial charge in [-0.25, -0.2) is 0 Å². The van der Waals surface area contributed by atoms with Crippen LogP contribution in [0.1, 0.15) is 42.0 Å². The highest BCUT2D eigenvalue weighted by Crippen LogP contribution is 2.23. The molecule has 0 saturated carbocycles. The molecule has 154 valence electrons. The summed E-state index contributed by atoms with van der Waals surface area (Å²) < 4.78 is 4.97. The molecule has 0 saturated heterocycles. The average Bonchev–Trinajstić information content (AvgIpc) is 2.73. The van der Waals surface area contributed by atoms with Crippen molar-refractivity contribution in [3.63, 3.8) is 0 Å². The van der Waals surface area contributed by atoms with Gasteiger partial charge in [0.1, 0.15) is 6.04 Å². The molecule has 1 heterocycles. The number of benzene rings is 2. The van der Waals surface area contributed by atoms with Gasteiger partial charge in [-0.2, -0.15) is 0 Å². The lowest BCUT2D eigenvalue weighted by atomic mass is 9.94. The van der Waals surface area contributed by atoms with Gasteiger partial charge >= 0.3 is 5.97 Å². The van der Waals surface area contributed by atoms with Crippen molar-refractivity contribution in [2.75, 3.05) is 20.2 Å². The Labute approximate surface area is 173 Å². The third-order valence-corrected chi connectivity index (χ3v) is 5.55. The van der Waals surface area contributed by atoms with Crippen molar-refractivity contribution >= 4 is 11.9 Å². The number of carbonyl (C=O) groups excluding carboxylic acids is 2. The molecular formula is C24H30N2O3. The van der Waals surface area contributed by atoms with Crippen molar-refractivity contribution in [2.45, 2.75) is 45.2 Å². The second kappa shape index (κ2) is 9.70. The molecular weight excluding hydrogens is 364 g/mol. The minimum absolute atomic E-state index is 0.0721. The van der Waals surface area contributed by atoms with E-state index < -0.39 is 6.04 Å². The molecule has 0 aliphatic carbocycles. The van der Waals surface area contributed by atoms with Crippen molar-refractivity contribution in [3.05, 3.63) is 70.8 Å². The quantitative estimate of drug-likeness (QED) is 0.734. The van der Waals surface area contributed by atoms with Gasteiger partial charge < -0.3 is 10.1 Å². The van der Waals surface area contributed by atoms with Gasteiger partial charge in [-0.15, -0.1) is 0 Å². The smallest absolute Gasteiger partial charge is 0.323 e. The number of methoxy groups -OCH3 is 1. The van der Waals surface area contributed by atoms with Crippen LogP contribution >= 0.6 is 0 Å². The predicted octanol–water partition coefficient (Wildman–Crippen LogP) is 3.07. The molecule has 5 nitrogen and oxygen atoms in total. The summed E-state index contributed by atoms with van der Waals surface area (Å²) in [5.74, 6) is 0.149. The molecule has 5 heteroatoms. The summed E-state index contributed by atoms with van der Waals surface area (Å²) in [6.07, 6.45) is 1.35. The largest absolute Gasteiger partial charge is 0.468 e. The lowest BCUT2D eigenvalue weighted by molar-refractivity contribution is -0.148. The molecule has 0 unspecified atom stereocenters. The minimum Gasteiger partial charge on any atom is -0.468 e. The number of nitrogens with zero attached hydrogens (tertiary/aromatic N) is 1. The van der Waals surface area contributed by atoms with Crippen LogP contribution in [0, 0.1) is 0 Å². The van der Waals surface area contributed by atoms with Crippen LogP contribution < -0.4 is 5.32 Å². The number of nitrogens with one attached hydrogen (secondary N) is 1.